The topological polar surface area (TPSA) is 24.5 Å². The van der Waals surface area contributed by atoms with E-state index in [1.54, 1.807) is 0 Å². The minimum Gasteiger partial charge on any atom is -0.377 e. The Morgan fingerprint density at radius 1 is 1.29 bits per heavy atom. The molecule has 82 valence electrons. The molecular weight excluding hydrogens is 176 g/mol. The average Bonchev–Trinajstić information content (AvgIpc) is 2.13. The molecule has 1 atom stereocenters. The van der Waals surface area contributed by atoms with Gasteiger partial charge in [-0.25, -0.2) is 0 Å². The van der Waals surface area contributed by atoms with Crippen molar-refractivity contribution in [2.45, 2.75) is 25.4 Å². The first-order valence-corrected chi connectivity index (χ1v) is 5.85. The summed E-state index contributed by atoms with van der Waals surface area (Å²) in [4.78, 5) is 2.43. The number of nitrogens with one attached hydrogen (secondary N) is 1. The molecule has 0 aliphatic carbocycles. The molecule has 0 amide bonds. The van der Waals surface area contributed by atoms with Crippen LogP contribution in [0.3, 0.4) is 0 Å². The first kappa shape index (κ1) is 10.4. The summed E-state index contributed by atoms with van der Waals surface area (Å²) in [7, 11) is 2.22. The highest BCUT2D eigenvalue weighted by molar-refractivity contribution is 4.78. The molecule has 0 bridgehead atoms. The monoisotopic (exact) mass is 198 g/mol. The molecule has 2 fully saturated rings. The summed E-state index contributed by atoms with van der Waals surface area (Å²) in [5.74, 6) is 0.878. The van der Waals surface area contributed by atoms with Gasteiger partial charge in [-0.1, -0.05) is 0 Å². The third-order valence-electron chi connectivity index (χ3n) is 3.23. The molecule has 0 radical (unpaired) electrons. The summed E-state index contributed by atoms with van der Waals surface area (Å²) >= 11 is 0. The number of rotatable bonds is 4. The molecule has 2 saturated heterocycles. The van der Waals surface area contributed by atoms with Crippen molar-refractivity contribution in [1.82, 2.24) is 10.2 Å². The van der Waals surface area contributed by atoms with Crippen LogP contribution < -0.4 is 5.32 Å². The van der Waals surface area contributed by atoms with E-state index in [0.29, 0.717) is 6.10 Å². The minimum absolute atomic E-state index is 0.502. The highest BCUT2D eigenvalue weighted by Gasteiger charge is 2.21. The smallest absolute Gasteiger partial charge is 0.0701 e. The third-order valence-corrected chi connectivity index (χ3v) is 3.23. The standard InChI is InChI=1S/C11H22N2O/c1-13(8-10-6-12-7-10)9-11-4-2-3-5-14-11/h10-12H,2-9H2,1H3. The predicted octanol–water partition coefficient (Wildman–Crippen LogP) is 0.707. The van der Waals surface area contributed by atoms with Crippen LogP contribution in [-0.4, -0.2) is 50.8 Å². The van der Waals surface area contributed by atoms with Gasteiger partial charge in [0.25, 0.3) is 0 Å². The van der Waals surface area contributed by atoms with Gasteiger partial charge >= 0.3 is 0 Å². The average molecular weight is 198 g/mol. The Labute approximate surface area is 86.8 Å². The first-order chi connectivity index (χ1) is 6.84. The second kappa shape index (κ2) is 5.10. The molecule has 0 aromatic rings. The molecule has 2 aliphatic heterocycles. The predicted molar refractivity (Wildman–Crippen MR) is 57.4 cm³/mol. The number of ether oxygens (including phenoxy) is 1. The van der Waals surface area contributed by atoms with Gasteiger partial charge in [-0.2, -0.15) is 0 Å². The third kappa shape index (κ3) is 2.94. The van der Waals surface area contributed by atoms with Crippen molar-refractivity contribution in [3.05, 3.63) is 0 Å². The van der Waals surface area contributed by atoms with Crippen molar-refractivity contribution in [1.29, 1.82) is 0 Å². The lowest BCUT2D eigenvalue weighted by molar-refractivity contribution is -0.00455. The maximum absolute atomic E-state index is 5.72. The van der Waals surface area contributed by atoms with Gasteiger partial charge in [0.1, 0.15) is 0 Å². The fraction of sp³-hybridized carbons (Fsp3) is 1.00. The Kier molecular flexibility index (Phi) is 3.79. The molecule has 3 heteroatoms. The fourth-order valence-electron chi connectivity index (χ4n) is 2.29. The van der Waals surface area contributed by atoms with Crippen LogP contribution >= 0.6 is 0 Å². The zero-order chi connectivity index (χ0) is 9.80. The molecule has 2 rings (SSSR count). The summed E-state index contributed by atoms with van der Waals surface area (Å²) in [5, 5.41) is 3.31. The molecule has 0 saturated carbocycles. The molecule has 0 aromatic carbocycles. The van der Waals surface area contributed by atoms with Crippen LogP contribution in [0.4, 0.5) is 0 Å². The Hall–Kier alpha value is -0.120. The van der Waals surface area contributed by atoms with Gasteiger partial charge in [-0.05, 0) is 32.2 Å². The lowest BCUT2D eigenvalue weighted by Gasteiger charge is -2.33. The van der Waals surface area contributed by atoms with E-state index in [-0.39, 0.29) is 0 Å². The molecule has 0 spiro atoms. The first-order valence-electron chi connectivity index (χ1n) is 5.85. The van der Waals surface area contributed by atoms with Gasteiger partial charge in [0.15, 0.2) is 0 Å². The number of hydrogen-bond donors (Lipinski definition) is 1. The molecule has 0 aromatic heterocycles. The van der Waals surface area contributed by atoms with E-state index in [4.69, 9.17) is 4.74 Å². The minimum atomic E-state index is 0.502. The normalized spacial score (nSPS) is 29.1. The Morgan fingerprint density at radius 2 is 2.14 bits per heavy atom. The molecule has 3 nitrogen and oxygen atoms in total. The van der Waals surface area contributed by atoms with E-state index in [0.717, 1.165) is 19.1 Å². The van der Waals surface area contributed by atoms with Crippen molar-refractivity contribution >= 4 is 0 Å². The lowest BCUT2D eigenvalue weighted by Crippen LogP contribution is -2.48. The van der Waals surface area contributed by atoms with Gasteiger partial charge in [0.2, 0.25) is 0 Å². The fourth-order valence-corrected chi connectivity index (χ4v) is 2.29. The quantitative estimate of drug-likeness (QED) is 0.720. The SMILES string of the molecule is CN(CC1CNC1)CC1CCCCO1. The second-order valence-electron chi connectivity index (χ2n) is 4.73. The number of likely N-dealkylation sites (N-methyl/N-ethyl adjacent to an activating group) is 1. The van der Waals surface area contributed by atoms with Gasteiger partial charge in [0, 0.05) is 32.8 Å². The molecular formula is C11H22N2O. The van der Waals surface area contributed by atoms with Crippen LogP contribution in [0.15, 0.2) is 0 Å². The van der Waals surface area contributed by atoms with Crippen LogP contribution in [0.2, 0.25) is 0 Å². The molecule has 1 N–H and O–H groups in total. The van der Waals surface area contributed by atoms with Gasteiger partial charge in [-0.3, -0.25) is 0 Å². The maximum Gasteiger partial charge on any atom is 0.0701 e. The number of nitrogens with zero attached hydrogens (tertiary/aromatic N) is 1. The van der Waals surface area contributed by atoms with Crippen molar-refractivity contribution in [2.75, 3.05) is 39.8 Å². The van der Waals surface area contributed by atoms with E-state index < -0.39 is 0 Å². The Bertz CT molecular complexity index is 165. The largest absolute Gasteiger partial charge is 0.377 e. The van der Waals surface area contributed by atoms with Crippen LogP contribution in [0.25, 0.3) is 0 Å². The highest BCUT2D eigenvalue weighted by atomic mass is 16.5. The van der Waals surface area contributed by atoms with Crippen molar-refractivity contribution in [2.24, 2.45) is 5.92 Å². The second-order valence-corrected chi connectivity index (χ2v) is 4.73. The molecule has 2 aliphatic rings. The summed E-state index contributed by atoms with van der Waals surface area (Å²) in [6, 6.07) is 0. The van der Waals surface area contributed by atoms with Crippen LogP contribution in [0.5, 0.6) is 0 Å². The van der Waals surface area contributed by atoms with Crippen LogP contribution in [-0.2, 0) is 4.74 Å². The zero-order valence-electron chi connectivity index (χ0n) is 9.17. The van der Waals surface area contributed by atoms with E-state index in [1.165, 1.54) is 38.9 Å². The molecule has 14 heavy (non-hydrogen) atoms. The van der Waals surface area contributed by atoms with E-state index in [2.05, 4.69) is 17.3 Å². The van der Waals surface area contributed by atoms with Crippen LogP contribution in [0.1, 0.15) is 19.3 Å². The van der Waals surface area contributed by atoms with Crippen molar-refractivity contribution in [3.8, 4) is 0 Å². The Balaban J connectivity index is 1.62. The van der Waals surface area contributed by atoms with E-state index in [1.807, 2.05) is 0 Å². The van der Waals surface area contributed by atoms with E-state index >= 15 is 0 Å². The van der Waals surface area contributed by atoms with Gasteiger partial charge < -0.3 is 15.0 Å². The number of hydrogen-bond acceptors (Lipinski definition) is 3. The molecule has 2 heterocycles. The summed E-state index contributed by atoms with van der Waals surface area (Å²) in [5.41, 5.74) is 0. The lowest BCUT2D eigenvalue weighted by atomic mass is 10.0. The maximum atomic E-state index is 5.72. The van der Waals surface area contributed by atoms with Crippen molar-refractivity contribution in [3.63, 3.8) is 0 Å². The summed E-state index contributed by atoms with van der Waals surface area (Å²) < 4.78 is 5.72. The van der Waals surface area contributed by atoms with Gasteiger partial charge in [-0.15, -0.1) is 0 Å². The zero-order valence-corrected chi connectivity index (χ0v) is 9.17. The molecule has 1 unspecified atom stereocenters. The van der Waals surface area contributed by atoms with E-state index in [9.17, 15) is 0 Å². The van der Waals surface area contributed by atoms with Crippen molar-refractivity contribution < 1.29 is 4.74 Å². The highest BCUT2D eigenvalue weighted by Crippen LogP contribution is 2.14. The van der Waals surface area contributed by atoms with Gasteiger partial charge in [0.05, 0.1) is 6.10 Å². The summed E-state index contributed by atoms with van der Waals surface area (Å²) in [6.45, 7) is 5.73. The Morgan fingerprint density at radius 3 is 2.71 bits per heavy atom. The van der Waals surface area contributed by atoms with Crippen LogP contribution in [0, 0.1) is 5.92 Å². The summed E-state index contributed by atoms with van der Waals surface area (Å²) in [6.07, 6.45) is 4.37.